The summed E-state index contributed by atoms with van der Waals surface area (Å²) in [4.78, 5) is 10.9. The normalized spacial score (nSPS) is 19.8. The van der Waals surface area contributed by atoms with Crippen LogP contribution in [0.3, 0.4) is 0 Å². The molecular formula is C15H20O4. The Morgan fingerprint density at radius 3 is 2.53 bits per heavy atom. The highest BCUT2D eigenvalue weighted by atomic mass is 16.7. The van der Waals surface area contributed by atoms with Crippen molar-refractivity contribution in [1.82, 2.24) is 0 Å². The Hall–Kier alpha value is -1.39. The lowest BCUT2D eigenvalue weighted by molar-refractivity contribution is -0.281. The Labute approximate surface area is 113 Å². The summed E-state index contributed by atoms with van der Waals surface area (Å²) in [5.41, 5.74) is 0.965. The van der Waals surface area contributed by atoms with E-state index in [9.17, 15) is 4.79 Å². The van der Waals surface area contributed by atoms with Crippen LogP contribution in [0.2, 0.25) is 0 Å². The largest absolute Gasteiger partial charge is 0.481 e. The molecule has 0 bridgehead atoms. The molecule has 1 unspecified atom stereocenters. The molecule has 1 aromatic rings. The van der Waals surface area contributed by atoms with Crippen LogP contribution < -0.4 is 0 Å². The van der Waals surface area contributed by atoms with Gasteiger partial charge in [-0.1, -0.05) is 37.3 Å². The highest BCUT2D eigenvalue weighted by Crippen LogP contribution is 2.36. The Kier molecular flexibility index (Phi) is 4.56. The van der Waals surface area contributed by atoms with Gasteiger partial charge in [-0.2, -0.15) is 0 Å². The number of ether oxygens (including phenoxy) is 2. The van der Waals surface area contributed by atoms with E-state index in [-0.39, 0.29) is 0 Å². The van der Waals surface area contributed by atoms with Crippen LogP contribution in [-0.2, 0) is 20.1 Å². The zero-order valence-electron chi connectivity index (χ0n) is 11.2. The monoisotopic (exact) mass is 264 g/mol. The summed E-state index contributed by atoms with van der Waals surface area (Å²) in [5, 5.41) is 8.98. The number of aliphatic carboxylic acids is 1. The molecule has 0 amide bonds. The van der Waals surface area contributed by atoms with Gasteiger partial charge in [-0.25, -0.2) is 0 Å². The van der Waals surface area contributed by atoms with Crippen molar-refractivity contribution in [2.45, 2.75) is 32.0 Å². The molecule has 104 valence electrons. The molecule has 0 aromatic heterocycles. The SMILES string of the molecule is CC(CCC1(c2ccccc2)OCCCO1)C(=O)O. The van der Waals surface area contributed by atoms with E-state index in [1.54, 1.807) is 6.92 Å². The average molecular weight is 264 g/mol. The topological polar surface area (TPSA) is 55.8 Å². The fourth-order valence-corrected chi connectivity index (χ4v) is 2.25. The molecule has 2 rings (SSSR count). The van der Waals surface area contributed by atoms with Crippen LogP contribution in [0.4, 0.5) is 0 Å². The third-order valence-corrected chi connectivity index (χ3v) is 3.50. The lowest BCUT2D eigenvalue weighted by atomic mass is 9.95. The Morgan fingerprint density at radius 1 is 1.32 bits per heavy atom. The van der Waals surface area contributed by atoms with E-state index in [4.69, 9.17) is 14.6 Å². The van der Waals surface area contributed by atoms with Gasteiger partial charge in [0.05, 0.1) is 19.1 Å². The van der Waals surface area contributed by atoms with Crippen molar-refractivity contribution < 1.29 is 19.4 Å². The zero-order valence-corrected chi connectivity index (χ0v) is 11.2. The third kappa shape index (κ3) is 3.33. The van der Waals surface area contributed by atoms with E-state index in [1.165, 1.54) is 0 Å². The number of rotatable bonds is 5. The van der Waals surface area contributed by atoms with Gasteiger partial charge in [-0.15, -0.1) is 0 Å². The first-order valence-electron chi connectivity index (χ1n) is 6.70. The predicted octanol–water partition coefficient (Wildman–Crippen LogP) is 2.78. The van der Waals surface area contributed by atoms with E-state index in [0.29, 0.717) is 26.1 Å². The first-order valence-corrected chi connectivity index (χ1v) is 6.70. The highest BCUT2D eigenvalue weighted by Gasteiger charge is 2.37. The summed E-state index contributed by atoms with van der Waals surface area (Å²) < 4.78 is 11.7. The van der Waals surface area contributed by atoms with Crippen LogP contribution in [0, 0.1) is 5.92 Å². The van der Waals surface area contributed by atoms with Crippen molar-refractivity contribution in [2.75, 3.05) is 13.2 Å². The maximum atomic E-state index is 10.9. The van der Waals surface area contributed by atoms with E-state index >= 15 is 0 Å². The van der Waals surface area contributed by atoms with Crippen LogP contribution in [0.15, 0.2) is 30.3 Å². The maximum Gasteiger partial charge on any atom is 0.306 e. The van der Waals surface area contributed by atoms with Gasteiger partial charge < -0.3 is 14.6 Å². The highest BCUT2D eigenvalue weighted by molar-refractivity contribution is 5.69. The van der Waals surface area contributed by atoms with Gasteiger partial charge in [0.25, 0.3) is 0 Å². The third-order valence-electron chi connectivity index (χ3n) is 3.50. The molecule has 0 aliphatic carbocycles. The molecule has 1 saturated heterocycles. The first kappa shape index (κ1) is 14.0. The van der Waals surface area contributed by atoms with E-state index < -0.39 is 17.7 Å². The quantitative estimate of drug-likeness (QED) is 0.888. The lowest BCUT2D eigenvalue weighted by Gasteiger charge is -2.38. The molecule has 0 saturated carbocycles. The molecule has 1 fully saturated rings. The van der Waals surface area contributed by atoms with Crippen molar-refractivity contribution >= 4 is 5.97 Å². The molecule has 1 aliphatic heterocycles. The van der Waals surface area contributed by atoms with E-state index in [1.807, 2.05) is 30.3 Å². The van der Waals surface area contributed by atoms with Crippen molar-refractivity contribution in [3.05, 3.63) is 35.9 Å². The van der Waals surface area contributed by atoms with Gasteiger partial charge in [0.15, 0.2) is 5.79 Å². The van der Waals surface area contributed by atoms with Crippen LogP contribution in [-0.4, -0.2) is 24.3 Å². The molecule has 1 aromatic carbocycles. The number of hydrogen-bond donors (Lipinski definition) is 1. The second-order valence-corrected chi connectivity index (χ2v) is 4.95. The summed E-state index contributed by atoms with van der Waals surface area (Å²) in [6.45, 7) is 3.01. The van der Waals surface area contributed by atoms with E-state index in [0.717, 1.165) is 12.0 Å². The molecule has 1 atom stereocenters. The minimum atomic E-state index is -0.779. The summed E-state index contributed by atoms with van der Waals surface area (Å²) in [6, 6.07) is 9.77. The van der Waals surface area contributed by atoms with Crippen LogP contribution in [0.25, 0.3) is 0 Å². The van der Waals surface area contributed by atoms with Gasteiger partial charge >= 0.3 is 5.97 Å². The molecular weight excluding hydrogens is 244 g/mol. The summed E-state index contributed by atoms with van der Waals surface area (Å²) in [6.07, 6.45) is 1.97. The van der Waals surface area contributed by atoms with Gasteiger partial charge in [0.2, 0.25) is 0 Å². The number of carbonyl (C=O) groups is 1. The van der Waals surface area contributed by atoms with Crippen molar-refractivity contribution in [3.63, 3.8) is 0 Å². The maximum absolute atomic E-state index is 10.9. The fourth-order valence-electron chi connectivity index (χ4n) is 2.25. The molecule has 1 N–H and O–H groups in total. The van der Waals surface area contributed by atoms with Crippen molar-refractivity contribution in [1.29, 1.82) is 0 Å². The summed E-state index contributed by atoms with van der Waals surface area (Å²) >= 11 is 0. The molecule has 4 heteroatoms. The van der Waals surface area contributed by atoms with Crippen LogP contribution in [0.1, 0.15) is 31.7 Å². The second-order valence-electron chi connectivity index (χ2n) is 4.95. The van der Waals surface area contributed by atoms with Gasteiger partial charge in [-0.3, -0.25) is 4.79 Å². The van der Waals surface area contributed by atoms with Gasteiger partial charge in [0.1, 0.15) is 0 Å². The second kappa shape index (κ2) is 6.17. The van der Waals surface area contributed by atoms with Crippen LogP contribution in [0.5, 0.6) is 0 Å². The molecule has 19 heavy (non-hydrogen) atoms. The summed E-state index contributed by atoms with van der Waals surface area (Å²) in [7, 11) is 0. The molecule has 1 aliphatic rings. The molecule has 4 nitrogen and oxygen atoms in total. The Balaban J connectivity index is 2.13. The predicted molar refractivity (Wildman–Crippen MR) is 70.7 cm³/mol. The number of hydrogen-bond acceptors (Lipinski definition) is 3. The average Bonchev–Trinajstić information content (AvgIpc) is 2.46. The Morgan fingerprint density at radius 2 is 1.95 bits per heavy atom. The van der Waals surface area contributed by atoms with Crippen LogP contribution >= 0.6 is 0 Å². The first-order chi connectivity index (χ1) is 9.14. The lowest BCUT2D eigenvalue weighted by Crippen LogP contribution is -2.38. The fraction of sp³-hybridized carbons (Fsp3) is 0.533. The summed E-state index contributed by atoms with van der Waals surface area (Å²) in [5.74, 6) is -1.95. The molecule has 1 heterocycles. The number of carboxylic acids is 1. The standard InChI is InChI=1S/C15H20O4/c1-12(14(16)17)8-9-15(18-10-5-11-19-15)13-6-3-2-4-7-13/h2-4,6-7,12H,5,8-11H2,1H3,(H,16,17). The van der Waals surface area contributed by atoms with Gasteiger partial charge in [-0.05, 0) is 12.8 Å². The van der Waals surface area contributed by atoms with Crippen molar-refractivity contribution in [3.8, 4) is 0 Å². The minimum Gasteiger partial charge on any atom is -0.481 e. The minimum absolute atomic E-state index is 0.394. The molecule has 0 radical (unpaired) electrons. The molecule has 0 spiro atoms. The number of carboxylic acid groups (broad SMARTS) is 1. The van der Waals surface area contributed by atoms with Crippen molar-refractivity contribution in [2.24, 2.45) is 5.92 Å². The smallest absolute Gasteiger partial charge is 0.306 e. The number of benzene rings is 1. The van der Waals surface area contributed by atoms with E-state index in [2.05, 4.69) is 0 Å². The Bertz CT molecular complexity index is 409. The zero-order chi connectivity index (χ0) is 13.7. The van der Waals surface area contributed by atoms with Gasteiger partial charge in [0, 0.05) is 12.0 Å².